The number of carbonyl (C=O) groups is 2. The van der Waals surface area contributed by atoms with Gasteiger partial charge < -0.3 is 20.9 Å². The molecule has 6 heteroatoms. The summed E-state index contributed by atoms with van der Waals surface area (Å²) >= 11 is 0. The summed E-state index contributed by atoms with van der Waals surface area (Å²) in [7, 11) is 0. The van der Waals surface area contributed by atoms with Gasteiger partial charge in [-0.25, -0.2) is 0 Å². The molecular formula is C23H28N4O2. The molecule has 3 N–H and O–H groups in total. The molecule has 6 nitrogen and oxygen atoms in total. The molecule has 2 amide bonds. The zero-order valence-electron chi connectivity index (χ0n) is 16.7. The largest absolute Gasteiger partial charge is 0.353 e. The molecule has 29 heavy (non-hydrogen) atoms. The van der Waals surface area contributed by atoms with Gasteiger partial charge in [-0.15, -0.1) is 0 Å². The van der Waals surface area contributed by atoms with Crippen LogP contribution in [0.25, 0.3) is 0 Å². The van der Waals surface area contributed by atoms with E-state index in [2.05, 4.69) is 20.9 Å². The predicted octanol–water partition coefficient (Wildman–Crippen LogP) is 3.99. The van der Waals surface area contributed by atoms with Crippen molar-refractivity contribution in [2.24, 2.45) is 0 Å². The summed E-state index contributed by atoms with van der Waals surface area (Å²) in [5, 5.41) is 9.18. The molecule has 0 aromatic heterocycles. The first-order chi connectivity index (χ1) is 14.2. The van der Waals surface area contributed by atoms with Gasteiger partial charge in [-0.2, -0.15) is 0 Å². The van der Waals surface area contributed by atoms with E-state index in [-0.39, 0.29) is 11.8 Å². The Kier molecular flexibility index (Phi) is 6.10. The second-order valence-electron chi connectivity index (χ2n) is 7.75. The lowest BCUT2D eigenvalue weighted by Gasteiger charge is -2.19. The summed E-state index contributed by atoms with van der Waals surface area (Å²) < 4.78 is 0. The van der Waals surface area contributed by atoms with Crippen molar-refractivity contribution >= 4 is 28.9 Å². The number of carbonyl (C=O) groups excluding carboxylic acids is 2. The molecule has 0 unspecified atom stereocenters. The fourth-order valence-corrected chi connectivity index (χ4v) is 3.99. The number of hydrogen-bond donors (Lipinski definition) is 3. The molecule has 1 saturated heterocycles. The molecule has 1 fully saturated rings. The van der Waals surface area contributed by atoms with Crippen LogP contribution in [0.1, 0.15) is 52.8 Å². The minimum atomic E-state index is -0.179. The van der Waals surface area contributed by atoms with E-state index in [1.807, 2.05) is 24.3 Å². The van der Waals surface area contributed by atoms with Crippen molar-refractivity contribution in [2.75, 3.05) is 36.8 Å². The maximum atomic E-state index is 12.6. The summed E-state index contributed by atoms with van der Waals surface area (Å²) in [6.07, 6.45) is 6.19. The first kappa shape index (κ1) is 19.5. The molecule has 2 aromatic carbocycles. The van der Waals surface area contributed by atoms with Crippen LogP contribution in [0.4, 0.5) is 17.1 Å². The van der Waals surface area contributed by atoms with Crippen LogP contribution in [0.15, 0.2) is 42.5 Å². The van der Waals surface area contributed by atoms with Gasteiger partial charge in [0.05, 0.1) is 22.6 Å². The fraction of sp³-hybridized carbons (Fsp3) is 0.391. The highest BCUT2D eigenvalue weighted by Gasteiger charge is 2.19. The standard InChI is InChI=1S/C23H28N4O2/c28-22(24-12-7-15-27-13-5-1-2-6-14-27)17-10-11-20-21(16-17)26-23(29)18-8-3-4-9-19(18)25-20/h3-4,8-11,16,25H,1-2,5-7,12-15H2,(H,24,28)(H,26,29). The number of likely N-dealkylation sites (tertiary alicyclic amines) is 1. The van der Waals surface area contributed by atoms with Crippen molar-refractivity contribution < 1.29 is 9.59 Å². The molecular weight excluding hydrogens is 364 g/mol. The van der Waals surface area contributed by atoms with E-state index in [0.29, 0.717) is 23.4 Å². The minimum Gasteiger partial charge on any atom is -0.353 e. The lowest BCUT2D eigenvalue weighted by atomic mass is 10.1. The van der Waals surface area contributed by atoms with E-state index in [4.69, 9.17) is 0 Å². The second-order valence-corrected chi connectivity index (χ2v) is 7.75. The minimum absolute atomic E-state index is 0.111. The number of nitrogens with zero attached hydrogens (tertiary/aromatic N) is 1. The first-order valence-corrected chi connectivity index (χ1v) is 10.5. The molecule has 152 valence electrons. The lowest BCUT2D eigenvalue weighted by molar-refractivity contribution is 0.0950. The van der Waals surface area contributed by atoms with Gasteiger partial charge >= 0.3 is 0 Å². The van der Waals surface area contributed by atoms with E-state index in [0.717, 1.165) is 24.3 Å². The summed E-state index contributed by atoms with van der Waals surface area (Å²) in [5.41, 5.74) is 3.29. The third kappa shape index (κ3) is 4.77. The van der Waals surface area contributed by atoms with E-state index in [1.165, 1.54) is 38.8 Å². The third-order valence-electron chi connectivity index (χ3n) is 5.61. The zero-order valence-corrected chi connectivity index (χ0v) is 16.7. The monoisotopic (exact) mass is 392 g/mol. The molecule has 0 aliphatic carbocycles. The maximum Gasteiger partial charge on any atom is 0.257 e. The van der Waals surface area contributed by atoms with Gasteiger partial charge in [0.25, 0.3) is 11.8 Å². The van der Waals surface area contributed by atoms with Crippen LogP contribution < -0.4 is 16.0 Å². The number of para-hydroxylation sites is 1. The number of fused-ring (bicyclic) bond motifs is 2. The molecule has 0 radical (unpaired) electrons. The summed E-state index contributed by atoms with van der Waals surface area (Å²) in [6.45, 7) is 4.03. The molecule has 0 atom stereocenters. The van der Waals surface area contributed by atoms with E-state index in [1.54, 1.807) is 18.2 Å². The smallest absolute Gasteiger partial charge is 0.257 e. The fourth-order valence-electron chi connectivity index (χ4n) is 3.99. The highest BCUT2D eigenvalue weighted by Crippen LogP contribution is 2.32. The molecule has 0 bridgehead atoms. The van der Waals surface area contributed by atoms with E-state index < -0.39 is 0 Å². The van der Waals surface area contributed by atoms with Crippen LogP contribution in [-0.4, -0.2) is 42.9 Å². The molecule has 4 rings (SSSR count). The Labute approximate surface area is 171 Å². The SMILES string of the molecule is O=C(NCCCN1CCCCCC1)c1ccc2c(c1)NC(=O)c1ccccc1N2. The van der Waals surface area contributed by atoms with Crippen molar-refractivity contribution in [3.63, 3.8) is 0 Å². The Balaban J connectivity index is 1.34. The van der Waals surface area contributed by atoms with Gasteiger partial charge in [-0.3, -0.25) is 9.59 Å². The molecule has 0 saturated carbocycles. The summed E-state index contributed by atoms with van der Waals surface area (Å²) in [4.78, 5) is 27.5. The number of hydrogen-bond acceptors (Lipinski definition) is 4. The van der Waals surface area contributed by atoms with Crippen molar-refractivity contribution in [3.05, 3.63) is 53.6 Å². The zero-order chi connectivity index (χ0) is 20.1. The topological polar surface area (TPSA) is 73.5 Å². The number of benzene rings is 2. The molecule has 2 heterocycles. The number of amides is 2. The van der Waals surface area contributed by atoms with E-state index in [9.17, 15) is 9.59 Å². The Morgan fingerprint density at radius 1 is 0.931 bits per heavy atom. The number of rotatable bonds is 5. The summed E-state index contributed by atoms with van der Waals surface area (Å²) in [5.74, 6) is -0.290. The van der Waals surface area contributed by atoms with Crippen molar-refractivity contribution in [1.82, 2.24) is 10.2 Å². The molecule has 0 spiro atoms. The summed E-state index contributed by atoms with van der Waals surface area (Å²) in [6, 6.07) is 12.7. The quantitative estimate of drug-likeness (QED) is 0.673. The number of nitrogens with one attached hydrogen (secondary N) is 3. The van der Waals surface area contributed by atoms with Crippen molar-refractivity contribution in [1.29, 1.82) is 0 Å². The van der Waals surface area contributed by atoms with Gasteiger partial charge in [0.2, 0.25) is 0 Å². The third-order valence-corrected chi connectivity index (χ3v) is 5.61. The predicted molar refractivity (Wildman–Crippen MR) is 116 cm³/mol. The van der Waals surface area contributed by atoms with Gasteiger partial charge in [0.1, 0.15) is 0 Å². The van der Waals surface area contributed by atoms with Crippen LogP contribution >= 0.6 is 0 Å². The molecule has 2 aliphatic heterocycles. The van der Waals surface area contributed by atoms with E-state index >= 15 is 0 Å². The second kappa shape index (κ2) is 9.09. The Morgan fingerprint density at radius 2 is 1.72 bits per heavy atom. The highest BCUT2D eigenvalue weighted by atomic mass is 16.2. The van der Waals surface area contributed by atoms with Gasteiger partial charge in [0, 0.05) is 12.1 Å². The van der Waals surface area contributed by atoms with Crippen molar-refractivity contribution in [2.45, 2.75) is 32.1 Å². The van der Waals surface area contributed by atoms with Crippen LogP contribution in [-0.2, 0) is 0 Å². The van der Waals surface area contributed by atoms with Gasteiger partial charge in [-0.05, 0) is 69.2 Å². The Morgan fingerprint density at radius 3 is 2.55 bits per heavy atom. The average molecular weight is 393 g/mol. The van der Waals surface area contributed by atoms with Crippen LogP contribution in [0, 0.1) is 0 Å². The Bertz CT molecular complexity index is 888. The first-order valence-electron chi connectivity index (χ1n) is 10.5. The Hall–Kier alpha value is -2.86. The van der Waals surface area contributed by atoms with Crippen LogP contribution in [0.5, 0.6) is 0 Å². The van der Waals surface area contributed by atoms with Gasteiger partial charge in [-0.1, -0.05) is 25.0 Å². The van der Waals surface area contributed by atoms with Gasteiger partial charge in [0.15, 0.2) is 0 Å². The average Bonchev–Trinajstić information content (AvgIpc) is 3.08. The van der Waals surface area contributed by atoms with Crippen LogP contribution in [0.2, 0.25) is 0 Å². The van der Waals surface area contributed by atoms with Crippen LogP contribution in [0.3, 0.4) is 0 Å². The normalized spacial score (nSPS) is 16.5. The molecule has 2 aliphatic rings. The number of anilines is 3. The highest BCUT2D eigenvalue weighted by molar-refractivity contribution is 6.12. The lowest BCUT2D eigenvalue weighted by Crippen LogP contribution is -2.30. The maximum absolute atomic E-state index is 12.6. The van der Waals surface area contributed by atoms with Crippen molar-refractivity contribution in [3.8, 4) is 0 Å². The molecule has 2 aromatic rings.